The Labute approximate surface area is 92.6 Å². The Morgan fingerprint density at radius 3 is 2.88 bits per heavy atom. The van der Waals surface area contributed by atoms with Crippen molar-refractivity contribution in [3.63, 3.8) is 0 Å². The Kier molecular flexibility index (Phi) is 2.48. The lowest BCUT2D eigenvalue weighted by Crippen LogP contribution is -2.06. The fourth-order valence-corrected chi connectivity index (χ4v) is 1.84. The van der Waals surface area contributed by atoms with Crippen LogP contribution in [0.5, 0.6) is 0 Å². The minimum Gasteiger partial charge on any atom is -0.478 e. The third-order valence-corrected chi connectivity index (χ3v) is 2.57. The van der Waals surface area contributed by atoms with Crippen molar-refractivity contribution in [1.82, 2.24) is 0 Å². The van der Waals surface area contributed by atoms with Gasteiger partial charge in [-0.25, -0.2) is 4.79 Å². The number of benzene rings is 1. The molecule has 1 amide bonds. The van der Waals surface area contributed by atoms with Crippen molar-refractivity contribution in [1.29, 1.82) is 0 Å². The summed E-state index contributed by atoms with van der Waals surface area (Å²) in [7, 11) is 0. The maximum atomic E-state index is 11.6. The zero-order valence-electron chi connectivity index (χ0n) is 8.78. The van der Waals surface area contributed by atoms with Crippen LogP contribution in [-0.4, -0.2) is 17.0 Å². The smallest absolute Gasteiger partial charge is 0.329 e. The standard InChI is InChI=1S/C12H11NO3/c1-2-7-4-3-5-8-9(6-10(14)15)12(16)13-11(7)8/h3-6H,2H2,1H3,(H,13,16)(H,14,15)/b9-6-. The molecule has 0 radical (unpaired) electrons. The van der Waals surface area contributed by atoms with Gasteiger partial charge < -0.3 is 10.4 Å². The first-order chi connectivity index (χ1) is 7.63. The molecule has 1 aromatic rings. The van der Waals surface area contributed by atoms with Gasteiger partial charge in [-0.05, 0) is 12.0 Å². The molecule has 0 aliphatic carbocycles. The van der Waals surface area contributed by atoms with Gasteiger partial charge in [0.05, 0.1) is 11.3 Å². The molecule has 2 rings (SSSR count). The van der Waals surface area contributed by atoms with Gasteiger partial charge in [0, 0.05) is 11.6 Å². The number of carbonyl (C=O) groups is 2. The Hall–Kier alpha value is -2.10. The maximum absolute atomic E-state index is 11.6. The van der Waals surface area contributed by atoms with E-state index < -0.39 is 5.97 Å². The van der Waals surface area contributed by atoms with E-state index in [0.29, 0.717) is 5.56 Å². The van der Waals surface area contributed by atoms with E-state index in [1.54, 1.807) is 6.07 Å². The molecule has 4 nitrogen and oxygen atoms in total. The Balaban J connectivity index is 2.58. The van der Waals surface area contributed by atoms with Gasteiger partial charge in [-0.1, -0.05) is 25.1 Å². The van der Waals surface area contributed by atoms with Crippen molar-refractivity contribution in [2.24, 2.45) is 0 Å². The van der Waals surface area contributed by atoms with Gasteiger partial charge in [0.25, 0.3) is 5.91 Å². The van der Waals surface area contributed by atoms with E-state index in [4.69, 9.17) is 5.11 Å². The molecule has 0 atom stereocenters. The van der Waals surface area contributed by atoms with Crippen LogP contribution in [0.3, 0.4) is 0 Å². The number of para-hydroxylation sites is 1. The van der Waals surface area contributed by atoms with Crippen LogP contribution < -0.4 is 5.32 Å². The highest BCUT2D eigenvalue weighted by atomic mass is 16.4. The molecule has 2 N–H and O–H groups in total. The molecule has 1 aliphatic heterocycles. The van der Waals surface area contributed by atoms with Crippen LogP contribution in [0.4, 0.5) is 5.69 Å². The summed E-state index contributed by atoms with van der Waals surface area (Å²) in [5, 5.41) is 11.4. The molecule has 4 heteroatoms. The first-order valence-corrected chi connectivity index (χ1v) is 5.01. The fraction of sp³-hybridized carbons (Fsp3) is 0.167. The third kappa shape index (κ3) is 1.58. The van der Waals surface area contributed by atoms with E-state index in [-0.39, 0.29) is 11.5 Å². The van der Waals surface area contributed by atoms with Crippen LogP contribution >= 0.6 is 0 Å². The summed E-state index contributed by atoms with van der Waals surface area (Å²) in [5.41, 5.74) is 2.65. The van der Waals surface area contributed by atoms with Gasteiger partial charge in [-0.2, -0.15) is 0 Å². The summed E-state index contributed by atoms with van der Waals surface area (Å²) in [6, 6.07) is 5.50. The van der Waals surface area contributed by atoms with Crippen molar-refractivity contribution in [2.45, 2.75) is 13.3 Å². The summed E-state index contributed by atoms with van der Waals surface area (Å²) in [6.07, 6.45) is 1.74. The van der Waals surface area contributed by atoms with Crippen molar-refractivity contribution in [3.05, 3.63) is 35.4 Å². The molecule has 0 saturated carbocycles. The van der Waals surface area contributed by atoms with Crippen molar-refractivity contribution >= 4 is 23.1 Å². The topological polar surface area (TPSA) is 66.4 Å². The molecule has 0 unspecified atom stereocenters. The minimum atomic E-state index is -1.11. The van der Waals surface area contributed by atoms with Gasteiger partial charge in [0.1, 0.15) is 0 Å². The third-order valence-electron chi connectivity index (χ3n) is 2.57. The molecule has 0 bridgehead atoms. The van der Waals surface area contributed by atoms with Crippen molar-refractivity contribution < 1.29 is 14.7 Å². The SMILES string of the molecule is CCc1cccc2c1NC(=O)/C2=C\C(=O)O. The molecule has 0 aromatic heterocycles. The van der Waals surface area contributed by atoms with Gasteiger partial charge in [0.15, 0.2) is 0 Å². The van der Waals surface area contributed by atoms with E-state index >= 15 is 0 Å². The number of hydrogen-bond acceptors (Lipinski definition) is 2. The largest absolute Gasteiger partial charge is 0.478 e. The summed E-state index contributed by atoms with van der Waals surface area (Å²) < 4.78 is 0. The number of anilines is 1. The first-order valence-electron chi connectivity index (χ1n) is 5.01. The van der Waals surface area contributed by atoms with Gasteiger partial charge in [-0.15, -0.1) is 0 Å². The second kappa shape index (κ2) is 3.81. The van der Waals surface area contributed by atoms with Gasteiger partial charge in [0.2, 0.25) is 0 Å². The number of rotatable bonds is 2. The monoisotopic (exact) mass is 217 g/mol. The van der Waals surface area contributed by atoms with E-state index in [9.17, 15) is 9.59 Å². The second-order valence-electron chi connectivity index (χ2n) is 3.54. The average Bonchev–Trinajstić information content (AvgIpc) is 2.55. The molecule has 1 aromatic carbocycles. The number of carboxylic acid groups (broad SMARTS) is 1. The lowest BCUT2D eigenvalue weighted by Gasteiger charge is -2.03. The minimum absolute atomic E-state index is 0.220. The Morgan fingerprint density at radius 1 is 1.50 bits per heavy atom. The molecular weight excluding hydrogens is 206 g/mol. The quantitative estimate of drug-likeness (QED) is 0.740. The average molecular weight is 217 g/mol. The fourth-order valence-electron chi connectivity index (χ4n) is 1.84. The molecule has 1 heterocycles. The van der Waals surface area contributed by atoms with Crippen molar-refractivity contribution in [2.75, 3.05) is 5.32 Å². The van der Waals surface area contributed by atoms with Crippen LogP contribution in [0.15, 0.2) is 24.3 Å². The van der Waals surface area contributed by atoms with E-state index in [2.05, 4.69) is 5.32 Å². The maximum Gasteiger partial charge on any atom is 0.329 e. The highest BCUT2D eigenvalue weighted by Crippen LogP contribution is 2.34. The summed E-state index contributed by atoms with van der Waals surface area (Å²) in [4.78, 5) is 22.2. The number of hydrogen-bond donors (Lipinski definition) is 2. The highest BCUT2D eigenvalue weighted by Gasteiger charge is 2.26. The molecule has 0 saturated heterocycles. The molecule has 82 valence electrons. The lowest BCUT2D eigenvalue weighted by atomic mass is 10.0. The Bertz CT molecular complexity index is 503. The number of aryl methyl sites for hydroxylation is 1. The van der Waals surface area contributed by atoms with Gasteiger partial charge in [-0.3, -0.25) is 4.79 Å². The van der Waals surface area contributed by atoms with Crippen molar-refractivity contribution in [3.8, 4) is 0 Å². The number of nitrogens with one attached hydrogen (secondary N) is 1. The van der Waals surface area contributed by atoms with E-state index in [1.165, 1.54) is 0 Å². The number of carbonyl (C=O) groups excluding carboxylic acids is 1. The molecule has 16 heavy (non-hydrogen) atoms. The molecule has 0 fully saturated rings. The van der Waals surface area contributed by atoms with Crippen LogP contribution in [0, 0.1) is 0 Å². The number of amides is 1. The highest BCUT2D eigenvalue weighted by molar-refractivity contribution is 6.33. The normalized spacial score (nSPS) is 16.1. The summed E-state index contributed by atoms with van der Waals surface area (Å²) in [5.74, 6) is -1.46. The zero-order valence-corrected chi connectivity index (χ0v) is 8.78. The second-order valence-corrected chi connectivity index (χ2v) is 3.54. The van der Waals surface area contributed by atoms with Crippen LogP contribution in [0.2, 0.25) is 0 Å². The number of aliphatic carboxylic acids is 1. The van der Waals surface area contributed by atoms with Crippen LogP contribution in [0.1, 0.15) is 18.1 Å². The molecule has 1 aliphatic rings. The van der Waals surface area contributed by atoms with Gasteiger partial charge >= 0.3 is 5.97 Å². The lowest BCUT2D eigenvalue weighted by molar-refractivity contribution is -0.131. The van der Waals surface area contributed by atoms with Crippen LogP contribution in [0.25, 0.3) is 5.57 Å². The van der Waals surface area contributed by atoms with Crippen LogP contribution in [-0.2, 0) is 16.0 Å². The predicted molar refractivity (Wildman–Crippen MR) is 60.1 cm³/mol. The predicted octanol–water partition coefficient (Wildman–Crippen LogP) is 1.67. The molecular formula is C12H11NO3. The first kappa shape index (κ1) is 10.4. The number of carboxylic acids is 1. The Morgan fingerprint density at radius 2 is 2.25 bits per heavy atom. The van der Waals surface area contributed by atoms with E-state index in [1.807, 2.05) is 19.1 Å². The summed E-state index contributed by atoms with van der Waals surface area (Å²) >= 11 is 0. The number of fused-ring (bicyclic) bond motifs is 1. The summed E-state index contributed by atoms with van der Waals surface area (Å²) in [6.45, 7) is 1.99. The zero-order chi connectivity index (χ0) is 11.7. The van der Waals surface area contributed by atoms with E-state index in [0.717, 1.165) is 23.7 Å². The molecule has 0 spiro atoms.